The fraction of sp³-hybridized carbons (Fsp3) is 1.00. The highest BCUT2D eigenvalue weighted by molar-refractivity contribution is 7.90. The van der Waals surface area contributed by atoms with E-state index in [4.69, 9.17) is 5.73 Å². The molecule has 0 spiro atoms. The van der Waals surface area contributed by atoms with Gasteiger partial charge < -0.3 is 5.73 Å². The van der Waals surface area contributed by atoms with Gasteiger partial charge in [0.1, 0.15) is 9.84 Å². The molecule has 0 aliphatic carbocycles. The minimum absolute atomic E-state index is 0.165. The lowest BCUT2D eigenvalue weighted by Gasteiger charge is -2.22. The molecule has 0 aromatic carbocycles. The van der Waals surface area contributed by atoms with Crippen molar-refractivity contribution in [3.63, 3.8) is 0 Å². The van der Waals surface area contributed by atoms with Crippen LogP contribution < -0.4 is 5.73 Å². The van der Waals surface area contributed by atoms with Crippen molar-refractivity contribution in [3.8, 4) is 0 Å². The fourth-order valence-corrected chi connectivity index (χ4v) is 2.70. The van der Waals surface area contributed by atoms with Gasteiger partial charge >= 0.3 is 0 Å². The standard InChI is InChI=1S/C12H27NO2S/c1-4-6-8-11(5-2)12(13)9-7-10-16(3,14)15/h11-12H,4-10,13H2,1-3H3. The smallest absolute Gasteiger partial charge is 0.147 e. The number of hydrogen-bond donors (Lipinski definition) is 1. The number of rotatable bonds is 9. The van der Waals surface area contributed by atoms with Crippen molar-refractivity contribution in [1.82, 2.24) is 0 Å². The van der Waals surface area contributed by atoms with Crippen LogP contribution in [-0.4, -0.2) is 26.5 Å². The van der Waals surface area contributed by atoms with E-state index in [1.165, 1.54) is 25.5 Å². The summed E-state index contributed by atoms with van der Waals surface area (Å²) in [5.41, 5.74) is 6.10. The number of sulfone groups is 1. The van der Waals surface area contributed by atoms with Crippen LogP contribution >= 0.6 is 0 Å². The Hall–Kier alpha value is -0.0900. The first-order chi connectivity index (χ1) is 7.40. The van der Waals surface area contributed by atoms with E-state index in [9.17, 15) is 8.42 Å². The molecule has 0 saturated carbocycles. The van der Waals surface area contributed by atoms with Gasteiger partial charge in [-0.2, -0.15) is 0 Å². The second-order valence-corrected chi connectivity index (χ2v) is 7.01. The third kappa shape index (κ3) is 8.11. The Morgan fingerprint density at radius 1 is 1.12 bits per heavy atom. The molecular formula is C12H27NO2S. The lowest BCUT2D eigenvalue weighted by Crippen LogP contribution is -2.30. The molecule has 0 aromatic heterocycles. The van der Waals surface area contributed by atoms with Crippen LogP contribution in [0.2, 0.25) is 0 Å². The first-order valence-electron chi connectivity index (χ1n) is 6.34. The van der Waals surface area contributed by atoms with E-state index >= 15 is 0 Å². The largest absolute Gasteiger partial charge is 0.327 e. The van der Waals surface area contributed by atoms with Crippen LogP contribution in [0.5, 0.6) is 0 Å². The van der Waals surface area contributed by atoms with Gasteiger partial charge in [0.05, 0.1) is 0 Å². The minimum Gasteiger partial charge on any atom is -0.327 e. The maximum Gasteiger partial charge on any atom is 0.147 e. The molecule has 0 aliphatic rings. The number of hydrogen-bond acceptors (Lipinski definition) is 3. The molecule has 0 radical (unpaired) electrons. The Morgan fingerprint density at radius 2 is 1.75 bits per heavy atom. The van der Waals surface area contributed by atoms with Crippen LogP contribution in [0, 0.1) is 5.92 Å². The molecule has 2 N–H and O–H groups in total. The van der Waals surface area contributed by atoms with Crippen molar-refractivity contribution in [1.29, 1.82) is 0 Å². The van der Waals surface area contributed by atoms with Crippen LogP contribution in [0.1, 0.15) is 52.4 Å². The molecule has 0 aliphatic heterocycles. The second-order valence-electron chi connectivity index (χ2n) is 4.75. The van der Waals surface area contributed by atoms with Crippen LogP contribution in [0.25, 0.3) is 0 Å². The molecule has 0 bridgehead atoms. The molecule has 16 heavy (non-hydrogen) atoms. The normalized spacial score (nSPS) is 16.0. The van der Waals surface area contributed by atoms with Gasteiger partial charge in [-0.1, -0.05) is 33.1 Å². The first-order valence-corrected chi connectivity index (χ1v) is 8.40. The molecule has 2 unspecified atom stereocenters. The third-order valence-electron chi connectivity index (χ3n) is 3.11. The predicted octanol–water partition coefficient (Wildman–Crippen LogP) is 2.35. The van der Waals surface area contributed by atoms with Gasteiger partial charge in [0, 0.05) is 18.1 Å². The van der Waals surface area contributed by atoms with Crippen LogP contribution in [0.4, 0.5) is 0 Å². The Balaban J connectivity index is 3.87. The molecule has 4 heteroatoms. The Labute approximate surface area is 101 Å². The molecule has 0 aromatic rings. The van der Waals surface area contributed by atoms with Crippen molar-refractivity contribution in [2.75, 3.05) is 12.0 Å². The third-order valence-corrected chi connectivity index (χ3v) is 4.14. The Morgan fingerprint density at radius 3 is 2.19 bits per heavy atom. The molecule has 98 valence electrons. The van der Waals surface area contributed by atoms with Crippen LogP contribution in [0.15, 0.2) is 0 Å². The van der Waals surface area contributed by atoms with E-state index < -0.39 is 9.84 Å². The maximum absolute atomic E-state index is 11.0. The van der Waals surface area contributed by atoms with E-state index in [0.29, 0.717) is 12.3 Å². The van der Waals surface area contributed by atoms with Gasteiger partial charge in [-0.3, -0.25) is 0 Å². The van der Waals surface area contributed by atoms with Gasteiger partial charge in [0.2, 0.25) is 0 Å². The molecule has 0 heterocycles. The lowest BCUT2D eigenvalue weighted by atomic mass is 9.89. The van der Waals surface area contributed by atoms with Gasteiger partial charge in [-0.25, -0.2) is 8.42 Å². The Kier molecular flexibility index (Phi) is 8.02. The highest BCUT2D eigenvalue weighted by atomic mass is 32.2. The molecule has 0 amide bonds. The molecule has 0 rings (SSSR count). The van der Waals surface area contributed by atoms with E-state index in [0.717, 1.165) is 12.8 Å². The average Bonchev–Trinajstić information content (AvgIpc) is 2.17. The molecule has 2 atom stereocenters. The van der Waals surface area contributed by atoms with Crippen molar-refractivity contribution in [2.24, 2.45) is 11.7 Å². The zero-order valence-electron chi connectivity index (χ0n) is 10.9. The zero-order valence-corrected chi connectivity index (χ0v) is 11.7. The number of nitrogens with two attached hydrogens (primary N) is 1. The lowest BCUT2D eigenvalue weighted by molar-refractivity contribution is 0.354. The highest BCUT2D eigenvalue weighted by Gasteiger charge is 2.15. The summed E-state index contributed by atoms with van der Waals surface area (Å²) in [6, 6.07) is 0.165. The summed E-state index contributed by atoms with van der Waals surface area (Å²) in [4.78, 5) is 0. The predicted molar refractivity (Wildman–Crippen MR) is 70.2 cm³/mol. The molecule has 0 saturated heterocycles. The summed E-state index contributed by atoms with van der Waals surface area (Å²) >= 11 is 0. The van der Waals surface area contributed by atoms with Crippen molar-refractivity contribution in [3.05, 3.63) is 0 Å². The molecule has 3 nitrogen and oxygen atoms in total. The van der Waals surface area contributed by atoms with Crippen LogP contribution in [-0.2, 0) is 9.84 Å². The monoisotopic (exact) mass is 249 g/mol. The molecule has 0 fully saturated rings. The first kappa shape index (κ1) is 15.9. The summed E-state index contributed by atoms with van der Waals surface area (Å²) < 4.78 is 22.0. The van der Waals surface area contributed by atoms with Crippen molar-refractivity contribution < 1.29 is 8.42 Å². The van der Waals surface area contributed by atoms with Crippen molar-refractivity contribution in [2.45, 2.75) is 58.4 Å². The summed E-state index contributed by atoms with van der Waals surface area (Å²) in [6.45, 7) is 4.35. The molecular weight excluding hydrogens is 222 g/mol. The van der Waals surface area contributed by atoms with E-state index in [-0.39, 0.29) is 11.8 Å². The minimum atomic E-state index is -2.82. The summed E-state index contributed by atoms with van der Waals surface area (Å²) in [5.74, 6) is 0.824. The number of unbranched alkanes of at least 4 members (excludes halogenated alkanes) is 1. The van der Waals surface area contributed by atoms with Gasteiger partial charge in [-0.05, 0) is 25.2 Å². The maximum atomic E-state index is 11.0. The van der Waals surface area contributed by atoms with E-state index in [2.05, 4.69) is 13.8 Å². The fourth-order valence-electron chi connectivity index (χ4n) is 2.00. The van der Waals surface area contributed by atoms with Gasteiger partial charge in [-0.15, -0.1) is 0 Å². The SMILES string of the molecule is CCCCC(CC)C(N)CCCS(C)(=O)=O. The zero-order chi connectivity index (χ0) is 12.6. The van der Waals surface area contributed by atoms with Gasteiger partial charge in [0.25, 0.3) is 0 Å². The summed E-state index contributed by atoms with van der Waals surface area (Å²) in [5, 5.41) is 0. The summed E-state index contributed by atoms with van der Waals surface area (Å²) in [6.07, 6.45) is 7.50. The van der Waals surface area contributed by atoms with Gasteiger partial charge in [0.15, 0.2) is 0 Å². The summed E-state index contributed by atoms with van der Waals surface area (Å²) in [7, 11) is -2.82. The van der Waals surface area contributed by atoms with Crippen molar-refractivity contribution >= 4 is 9.84 Å². The average molecular weight is 249 g/mol. The second kappa shape index (κ2) is 8.07. The van der Waals surface area contributed by atoms with Crippen LogP contribution in [0.3, 0.4) is 0 Å². The van der Waals surface area contributed by atoms with E-state index in [1.54, 1.807) is 0 Å². The van der Waals surface area contributed by atoms with E-state index in [1.807, 2.05) is 0 Å². The highest BCUT2D eigenvalue weighted by Crippen LogP contribution is 2.18. The Bertz CT molecular complexity index is 262. The quantitative estimate of drug-likeness (QED) is 0.682. The topological polar surface area (TPSA) is 60.2 Å².